The van der Waals surface area contributed by atoms with Gasteiger partial charge in [0.25, 0.3) is 0 Å². The third kappa shape index (κ3) is 2.29. The van der Waals surface area contributed by atoms with Crippen molar-refractivity contribution in [3.05, 3.63) is 22.0 Å². The van der Waals surface area contributed by atoms with Crippen molar-refractivity contribution in [1.82, 2.24) is 9.78 Å². The third-order valence-corrected chi connectivity index (χ3v) is 2.07. The molecule has 2 N–H and O–H groups in total. The average Bonchev–Trinajstić information content (AvgIpc) is 2.43. The van der Waals surface area contributed by atoms with Crippen LogP contribution in [-0.2, 0) is 13.5 Å². The quantitative estimate of drug-likeness (QED) is 0.567. The van der Waals surface area contributed by atoms with Gasteiger partial charge in [-0.25, -0.2) is 0 Å². The number of rotatable bonds is 4. The molecule has 0 bridgehead atoms. The Morgan fingerprint density at radius 1 is 1.79 bits per heavy atom. The van der Waals surface area contributed by atoms with Crippen LogP contribution in [0.1, 0.15) is 19.0 Å². The maximum atomic E-state index is 10.6. The molecule has 1 aromatic rings. The topological polar surface area (TPSA) is 87.0 Å². The molecule has 1 atom stereocenters. The molecule has 0 aliphatic carbocycles. The molecule has 0 spiro atoms. The highest BCUT2D eigenvalue weighted by molar-refractivity contribution is 5.32. The molecule has 0 aliphatic heterocycles. The maximum absolute atomic E-state index is 10.6. The molecule has 0 radical (unpaired) electrons. The normalized spacial score (nSPS) is 12.8. The fraction of sp³-hybridized carbons (Fsp3) is 0.625. The van der Waals surface area contributed by atoms with Gasteiger partial charge in [-0.15, -0.1) is 0 Å². The lowest BCUT2D eigenvalue weighted by Crippen LogP contribution is -2.16. The van der Waals surface area contributed by atoms with Crippen molar-refractivity contribution in [3.8, 4) is 0 Å². The third-order valence-electron chi connectivity index (χ3n) is 2.07. The Morgan fingerprint density at radius 3 is 2.93 bits per heavy atom. The number of nitrogens with zero attached hydrogens (tertiary/aromatic N) is 3. The molecule has 1 rings (SSSR count). The molecule has 6 nitrogen and oxygen atoms in total. The molecule has 1 heterocycles. The summed E-state index contributed by atoms with van der Waals surface area (Å²) in [5.41, 5.74) is 6.29. The van der Waals surface area contributed by atoms with Gasteiger partial charge in [0, 0.05) is 13.1 Å². The lowest BCUT2D eigenvalue weighted by molar-refractivity contribution is -0.385. The minimum absolute atomic E-state index is 0.0458. The van der Waals surface area contributed by atoms with Crippen LogP contribution in [0.15, 0.2) is 6.20 Å². The van der Waals surface area contributed by atoms with Gasteiger partial charge in [0.15, 0.2) is 0 Å². The zero-order valence-electron chi connectivity index (χ0n) is 8.30. The minimum atomic E-state index is -0.413. The molecule has 0 aliphatic rings. The van der Waals surface area contributed by atoms with E-state index >= 15 is 0 Å². The predicted octanol–water partition coefficient (Wildman–Crippen LogP) is 0.608. The van der Waals surface area contributed by atoms with Gasteiger partial charge in [0.05, 0.1) is 4.92 Å². The summed E-state index contributed by atoms with van der Waals surface area (Å²) >= 11 is 0. The molecule has 0 aromatic carbocycles. The Bertz CT molecular complexity index is 332. The summed E-state index contributed by atoms with van der Waals surface area (Å²) in [4.78, 5) is 10.2. The van der Waals surface area contributed by atoms with Crippen LogP contribution in [0.5, 0.6) is 0 Å². The monoisotopic (exact) mass is 198 g/mol. The van der Waals surface area contributed by atoms with Crippen molar-refractivity contribution >= 4 is 5.69 Å². The Morgan fingerprint density at radius 2 is 2.43 bits per heavy atom. The van der Waals surface area contributed by atoms with E-state index in [0.29, 0.717) is 12.1 Å². The minimum Gasteiger partial charge on any atom is -0.328 e. The van der Waals surface area contributed by atoms with Gasteiger partial charge in [-0.1, -0.05) is 0 Å². The van der Waals surface area contributed by atoms with Gasteiger partial charge in [-0.3, -0.25) is 14.8 Å². The van der Waals surface area contributed by atoms with Crippen LogP contribution in [-0.4, -0.2) is 20.7 Å². The van der Waals surface area contributed by atoms with Crippen molar-refractivity contribution in [2.45, 2.75) is 25.8 Å². The lowest BCUT2D eigenvalue weighted by Gasteiger charge is -2.04. The van der Waals surface area contributed by atoms with Gasteiger partial charge in [0.2, 0.25) is 0 Å². The van der Waals surface area contributed by atoms with Gasteiger partial charge in [-0.05, 0) is 19.8 Å². The van der Waals surface area contributed by atoms with Gasteiger partial charge in [0.1, 0.15) is 11.9 Å². The molecule has 0 amide bonds. The van der Waals surface area contributed by atoms with Gasteiger partial charge >= 0.3 is 5.69 Å². The summed E-state index contributed by atoms with van der Waals surface area (Å²) in [7, 11) is 1.70. The second kappa shape index (κ2) is 4.19. The Labute approximate surface area is 81.9 Å². The smallest absolute Gasteiger partial charge is 0.310 e. The van der Waals surface area contributed by atoms with Crippen molar-refractivity contribution < 1.29 is 4.92 Å². The van der Waals surface area contributed by atoms with E-state index in [2.05, 4.69) is 5.10 Å². The second-order valence-corrected chi connectivity index (χ2v) is 3.37. The number of hydrogen-bond acceptors (Lipinski definition) is 4. The fourth-order valence-corrected chi connectivity index (χ4v) is 1.26. The fourth-order valence-electron chi connectivity index (χ4n) is 1.26. The van der Waals surface area contributed by atoms with E-state index in [-0.39, 0.29) is 11.7 Å². The van der Waals surface area contributed by atoms with Crippen LogP contribution < -0.4 is 5.73 Å². The molecule has 0 saturated heterocycles. The van der Waals surface area contributed by atoms with E-state index in [1.807, 2.05) is 6.92 Å². The van der Waals surface area contributed by atoms with E-state index in [1.54, 1.807) is 7.05 Å². The van der Waals surface area contributed by atoms with Crippen molar-refractivity contribution in [1.29, 1.82) is 0 Å². The summed E-state index contributed by atoms with van der Waals surface area (Å²) in [6, 6.07) is 0.0458. The molecule has 0 fully saturated rings. The van der Waals surface area contributed by atoms with Crippen LogP contribution in [0.4, 0.5) is 5.69 Å². The van der Waals surface area contributed by atoms with Crippen LogP contribution in [0, 0.1) is 10.1 Å². The van der Waals surface area contributed by atoms with Crippen molar-refractivity contribution in [2.24, 2.45) is 12.8 Å². The summed E-state index contributed by atoms with van der Waals surface area (Å²) in [6.07, 6.45) is 2.58. The summed E-state index contributed by atoms with van der Waals surface area (Å²) in [5, 5.41) is 14.5. The molecule has 14 heavy (non-hydrogen) atoms. The number of nitrogens with two attached hydrogens (primary N) is 1. The van der Waals surface area contributed by atoms with Crippen molar-refractivity contribution in [2.75, 3.05) is 0 Å². The first-order valence-electron chi connectivity index (χ1n) is 4.43. The SMILES string of the molecule is CC(N)CCc1c([N+](=O)[O-])cnn1C. The highest BCUT2D eigenvalue weighted by atomic mass is 16.6. The van der Waals surface area contributed by atoms with Crippen LogP contribution in [0.2, 0.25) is 0 Å². The molecule has 6 heteroatoms. The van der Waals surface area contributed by atoms with Gasteiger partial charge < -0.3 is 5.73 Å². The molecule has 78 valence electrons. The molecule has 0 saturated carbocycles. The number of aromatic nitrogens is 2. The summed E-state index contributed by atoms with van der Waals surface area (Å²) in [6.45, 7) is 1.88. The molecular weight excluding hydrogens is 184 g/mol. The maximum Gasteiger partial charge on any atom is 0.310 e. The van der Waals surface area contributed by atoms with E-state index in [0.717, 1.165) is 6.42 Å². The molecular formula is C8H14N4O2. The molecule has 1 unspecified atom stereocenters. The van der Waals surface area contributed by atoms with Crippen molar-refractivity contribution in [3.63, 3.8) is 0 Å². The average molecular weight is 198 g/mol. The summed E-state index contributed by atoms with van der Waals surface area (Å²) in [5.74, 6) is 0. The van der Waals surface area contributed by atoms with Crippen LogP contribution in [0.25, 0.3) is 0 Å². The lowest BCUT2D eigenvalue weighted by atomic mass is 10.1. The Kier molecular flexibility index (Phi) is 3.19. The highest BCUT2D eigenvalue weighted by Crippen LogP contribution is 2.18. The first-order valence-corrected chi connectivity index (χ1v) is 4.43. The zero-order chi connectivity index (χ0) is 10.7. The second-order valence-electron chi connectivity index (χ2n) is 3.37. The first kappa shape index (κ1) is 10.6. The van der Waals surface area contributed by atoms with Gasteiger partial charge in [-0.2, -0.15) is 5.10 Å². The largest absolute Gasteiger partial charge is 0.328 e. The first-order chi connectivity index (χ1) is 6.52. The van der Waals surface area contributed by atoms with E-state index in [1.165, 1.54) is 10.9 Å². The predicted molar refractivity (Wildman–Crippen MR) is 51.8 cm³/mol. The number of hydrogen-bond donors (Lipinski definition) is 1. The summed E-state index contributed by atoms with van der Waals surface area (Å²) < 4.78 is 1.53. The van der Waals surface area contributed by atoms with E-state index in [4.69, 9.17) is 5.73 Å². The van der Waals surface area contributed by atoms with E-state index in [9.17, 15) is 10.1 Å². The standard InChI is InChI=1S/C8H14N4O2/c1-6(9)3-4-7-8(12(13)14)5-10-11(7)2/h5-6H,3-4,9H2,1-2H3. The zero-order valence-corrected chi connectivity index (χ0v) is 8.30. The number of nitro groups is 1. The Hall–Kier alpha value is -1.43. The highest BCUT2D eigenvalue weighted by Gasteiger charge is 2.18. The van der Waals surface area contributed by atoms with E-state index < -0.39 is 4.92 Å². The molecule has 1 aromatic heterocycles. The van der Waals surface area contributed by atoms with Crippen LogP contribution >= 0.6 is 0 Å². The number of aryl methyl sites for hydroxylation is 1. The van der Waals surface area contributed by atoms with Crippen LogP contribution in [0.3, 0.4) is 0 Å². The Balaban J connectivity index is 2.83.